The van der Waals surface area contributed by atoms with Gasteiger partial charge in [0.25, 0.3) is 5.69 Å². The third-order valence-corrected chi connectivity index (χ3v) is 5.74. The maximum atomic E-state index is 12.9. The Bertz CT molecular complexity index is 981. The lowest BCUT2D eigenvalue weighted by atomic mass is 10.0. The lowest BCUT2D eigenvalue weighted by Crippen LogP contribution is -2.33. The van der Waals surface area contributed by atoms with Crippen LogP contribution in [0.5, 0.6) is 0 Å². The molecule has 0 spiro atoms. The highest BCUT2D eigenvalue weighted by Crippen LogP contribution is 2.47. The van der Waals surface area contributed by atoms with Crippen LogP contribution in [0.15, 0.2) is 34.7 Å². The Labute approximate surface area is 170 Å². The lowest BCUT2D eigenvalue weighted by Gasteiger charge is -2.21. The van der Waals surface area contributed by atoms with Gasteiger partial charge in [-0.3, -0.25) is 14.9 Å². The molecule has 2 fully saturated rings. The van der Waals surface area contributed by atoms with Gasteiger partial charge >= 0.3 is 6.18 Å². The molecule has 4 rings (SSSR count). The summed E-state index contributed by atoms with van der Waals surface area (Å²) in [5.41, 5.74) is -1.84. The minimum Gasteiger partial charge on any atom is -0.464 e. The zero-order valence-electron chi connectivity index (χ0n) is 16.3. The van der Waals surface area contributed by atoms with Crippen molar-refractivity contribution in [2.45, 2.75) is 57.3 Å². The zero-order valence-corrected chi connectivity index (χ0v) is 16.3. The predicted molar refractivity (Wildman–Crippen MR) is 101 cm³/mol. The van der Waals surface area contributed by atoms with Crippen LogP contribution in [0.3, 0.4) is 0 Å². The molecule has 2 saturated carbocycles. The third-order valence-electron chi connectivity index (χ3n) is 5.74. The molecule has 0 saturated heterocycles. The predicted octanol–water partition coefficient (Wildman–Crippen LogP) is 5.06. The molecule has 2 aliphatic carbocycles. The summed E-state index contributed by atoms with van der Waals surface area (Å²) in [6, 6.07) is 6.05. The van der Waals surface area contributed by atoms with Gasteiger partial charge in [0, 0.05) is 23.6 Å². The maximum Gasteiger partial charge on any atom is 0.416 e. The Balaban J connectivity index is 1.51. The van der Waals surface area contributed by atoms with Crippen molar-refractivity contribution in [3.8, 4) is 0 Å². The van der Waals surface area contributed by atoms with Crippen LogP contribution in [0.1, 0.15) is 54.8 Å². The number of benzene rings is 1. The number of nitrogens with zero attached hydrogens (tertiary/aromatic N) is 2. The summed E-state index contributed by atoms with van der Waals surface area (Å²) < 4.78 is 44.5. The van der Waals surface area contributed by atoms with Crippen LogP contribution in [0.25, 0.3) is 0 Å². The molecular weight excluding hydrogens is 401 g/mol. The summed E-state index contributed by atoms with van der Waals surface area (Å²) in [5.74, 6) is 2.19. The Hall–Kier alpha value is -2.84. The van der Waals surface area contributed by atoms with Crippen molar-refractivity contribution in [2.75, 3.05) is 0 Å². The number of hydrogen-bond donors (Lipinski definition) is 0. The number of rotatable bonds is 7. The van der Waals surface area contributed by atoms with E-state index in [2.05, 4.69) is 6.92 Å². The number of nitro benzene ring substituents is 1. The molecule has 2 aromatic rings. The molecule has 2 unspecified atom stereocenters. The molecule has 2 aliphatic rings. The van der Waals surface area contributed by atoms with E-state index >= 15 is 0 Å². The largest absolute Gasteiger partial charge is 0.464 e. The average Bonchev–Trinajstić information content (AvgIpc) is 3.59. The van der Waals surface area contributed by atoms with Crippen LogP contribution in [-0.2, 0) is 23.9 Å². The first-order valence-corrected chi connectivity index (χ1v) is 9.86. The van der Waals surface area contributed by atoms with Gasteiger partial charge < -0.3 is 9.32 Å². The van der Waals surface area contributed by atoms with Crippen molar-refractivity contribution in [3.63, 3.8) is 0 Å². The van der Waals surface area contributed by atoms with Gasteiger partial charge in [-0.1, -0.05) is 13.0 Å². The summed E-state index contributed by atoms with van der Waals surface area (Å²) in [7, 11) is 0. The first kappa shape index (κ1) is 20.4. The third kappa shape index (κ3) is 4.34. The lowest BCUT2D eigenvalue weighted by molar-refractivity contribution is -0.385. The molecule has 160 valence electrons. The Morgan fingerprint density at radius 2 is 1.97 bits per heavy atom. The van der Waals surface area contributed by atoms with Gasteiger partial charge in [0.15, 0.2) is 0 Å². The number of carbonyl (C=O) groups excluding carboxylic acids is 1. The molecule has 1 heterocycles. The van der Waals surface area contributed by atoms with Crippen LogP contribution >= 0.6 is 0 Å². The highest BCUT2D eigenvalue weighted by Gasteiger charge is 2.38. The molecule has 0 bridgehead atoms. The number of furan rings is 1. The molecule has 2 atom stereocenters. The number of halogens is 3. The normalized spacial score (nSPS) is 20.8. The van der Waals surface area contributed by atoms with E-state index in [0.717, 1.165) is 37.2 Å². The van der Waals surface area contributed by atoms with E-state index in [1.807, 2.05) is 12.1 Å². The second kappa shape index (κ2) is 7.45. The monoisotopic (exact) mass is 422 g/mol. The molecule has 0 N–H and O–H groups in total. The number of alkyl halides is 3. The molecule has 1 aromatic heterocycles. The second-order valence-corrected chi connectivity index (χ2v) is 8.15. The fourth-order valence-corrected chi connectivity index (χ4v) is 3.70. The molecule has 1 amide bonds. The summed E-state index contributed by atoms with van der Waals surface area (Å²) >= 11 is 0. The second-order valence-electron chi connectivity index (χ2n) is 8.15. The van der Waals surface area contributed by atoms with Crippen LogP contribution in [0.2, 0.25) is 0 Å². The van der Waals surface area contributed by atoms with E-state index in [4.69, 9.17) is 4.42 Å². The first-order valence-electron chi connectivity index (χ1n) is 9.86. The van der Waals surface area contributed by atoms with E-state index < -0.39 is 22.4 Å². The van der Waals surface area contributed by atoms with Gasteiger partial charge in [-0.2, -0.15) is 13.2 Å². The first-order chi connectivity index (χ1) is 14.1. The molecule has 9 heteroatoms. The van der Waals surface area contributed by atoms with Gasteiger partial charge in [0.1, 0.15) is 11.5 Å². The van der Waals surface area contributed by atoms with E-state index in [0.29, 0.717) is 23.7 Å². The quantitative estimate of drug-likeness (QED) is 0.461. The number of carbonyl (C=O) groups is 1. The molecule has 1 aromatic carbocycles. The molecule has 6 nitrogen and oxygen atoms in total. The summed E-state index contributed by atoms with van der Waals surface area (Å²) in [6.07, 6.45) is -2.29. The minimum atomic E-state index is -4.69. The highest BCUT2D eigenvalue weighted by atomic mass is 19.4. The van der Waals surface area contributed by atoms with Crippen molar-refractivity contribution >= 4 is 11.6 Å². The fourth-order valence-electron chi connectivity index (χ4n) is 3.70. The number of hydrogen-bond acceptors (Lipinski definition) is 4. The van der Waals surface area contributed by atoms with Gasteiger partial charge in [-0.25, -0.2) is 0 Å². The Morgan fingerprint density at radius 1 is 1.27 bits per heavy atom. The van der Waals surface area contributed by atoms with Gasteiger partial charge in [0.05, 0.1) is 23.5 Å². The van der Waals surface area contributed by atoms with Crippen molar-refractivity contribution in [2.24, 2.45) is 5.92 Å². The Kier molecular flexibility index (Phi) is 5.07. The maximum absolute atomic E-state index is 12.9. The fraction of sp³-hybridized carbons (Fsp3) is 0.476. The molecular formula is C21H21F3N2O4. The summed E-state index contributed by atoms with van der Waals surface area (Å²) in [5, 5.41) is 11.3. The summed E-state index contributed by atoms with van der Waals surface area (Å²) in [6.45, 7) is 2.39. The molecule has 0 radical (unpaired) electrons. The smallest absolute Gasteiger partial charge is 0.416 e. The summed E-state index contributed by atoms with van der Waals surface area (Å²) in [4.78, 5) is 24.9. The van der Waals surface area contributed by atoms with Crippen LogP contribution in [-0.4, -0.2) is 21.8 Å². The van der Waals surface area contributed by atoms with E-state index in [1.165, 1.54) is 0 Å². The van der Waals surface area contributed by atoms with E-state index in [-0.39, 0.29) is 30.5 Å². The van der Waals surface area contributed by atoms with Gasteiger partial charge in [-0.05, 0) is 43.4 Å². The SMILES string of the molecule is CC1CC1c1ccc(CN(C(=O)Cc2ccc(C(F)(F)F)cc2[N+](=O)[O-])C2CC2)o1. The van der Waals surface area contributed by atoms with E-state index in [1.54, 1.807) is 4.90 Å². The van der Waals surface area contributed by atoms with Crippen molar-refractivity contribution in [1.29, 1.82) is 0 Å². The molecule has 30 heavy (non-hydrogen) atoms. The zero-order chi connectivity index (χ0) is 21.6. The standard InChI is InChI=1S/C21H21F3N2O4/c1-12-8-17(12)19-7-6-16(30-19)11-25(15-4-5-15)20(27)9-13-2-3-14(21(22,23)24)10-18(13)26(28)29/h2-3,6-7,10,12,15,17H,4-5,8-9,11H2,1H3. The highest BCUT2D eigenvalue weighted by molar-refractivity contribution is 5.80. The van der Waals surface area contributed by atoms with Crippen molar-refractivity contribution < 1.29 is 27.3 Å². The number of amides is 1. The number of nitro groups is 1. The Morgan fingerprint density at radius 3 is 2.53 bits per heavy atom. The van der Waals surface area contributed by atoms with Gasteiger partial charge in [-0.15, -0.1) is 0 Å². The van der Waals surface area contributed by atoms with Crippen molar-refractivity contribution in [1.82, 2.24) is 4.90 Å². The van der Waals surface area contributed by atoms with Crippen molar-refractivity contribution in [3.05, 3.63) is 63.1 Å². The van der Waals surface area contributed by atoms with Gasteiger partial charge in [0.2, 0.25) is 5.91 Å². The van der Waals surface area contributed by atoms with Crippen LogP contribution in [0, 0.1) is 16.0 Å². The van der Waals surface area contributed by atoms with Crippen LogP contribution < -0.4 is 0 Å². The van der Waals surface area contributed by atoms with E-state index in [9.17, 15) is 28.1 Å². The van der Waals surface area contributed by atoms with Crippen LogP contribution in [0.4, 0.5) is 18.9 Å². The topological polar surface area (TPSA) is 76.6 Å². The average molecular weight is 422 g/mol. The molecule has 0 aliphatic heterocycles. The minimum absolute atomic E-state index is 0.0272.